The van der Waals surface area contributed by atoms with Crippen LogP contribution in [0.2, 0.25) is 0 Å². The summed E-state index contributed by atoms with van der Waals surface area (Å²) >= 11 is 6.85. The first kappa shape index (κ1) is 14.7. The van der Waals surface area contributed by atoms with E-state index in [-0.39, 0.29) is 17.9 Å². The molecule has 1 fully saturated rings. The van der Waals surface area contributed by atoms with Crippen LogP contribution in [0.25, 0.3) is 0 Å². The van der Waals surface area contributed by atoms with Crippen molar-refractivity contribution in [3.05, 3.63) is 31.2 Å². The maximum atomic E-state index is 10.8. The number of rotatable bonds is 2. The number of morpholine rings is 1. The molecule has 1 aliphatic rings. The molecular formula is C12H14Br2N2O3. The van der Waals surface area contributed by atoms with Gasteiger partial charge in [0.2, 0.25) is 0 Å². The van der Waals surface area contributed by atoms with Crippen molar-refractivity contribution in [1.29, 1.82) is 0 Å². The zero-order chi connectivity index (χ0) is 14.2. The van der Waals surface area contributed by atoms with Crippen LogP contribution in [-0.2, 0) is 4.74 Å². The minimum atomic E-state index is -0.399. The third kappa shape index (κ3) is 3.27. The van der Waals surface area contributed by atoms with E-state index in [0.29, 0.717) is 0 Å². The summed E-state index contributed by atoms with van der Waals surface area (Å²) in [6, 6.07) is 3.07. The van der Waals surface area contributed by atoms with Crippen LogP contribution in [0.4, 0.5) is 11.4 Å². The number of hydrogen-bond donors (Lipinski definition) is 0. The lowest BCUT2D eigenvalue weighted by Gasteiger charge is -2.37. The van der Waals surface area contributed by atoms with Crippen LogP contribution in [0.1, 0.15) is 13.8 Å². The van der Waals surface area contributed by atoms with Gasteiger partial charge in [0, 0.05) is 34.2 Å². The number of non-ortho nitro benzene ring substituents is 1. The summed E-state index contributed by atoms with van der Waals surface area (Å²) in [4.78, 5) is 12.6. The molecule has 0 aromatic heterocycles. The van der Waals surface area contributed by atoms with Gasteiger partial charge in [-0.25, -0.2) is 0 Å². The fraction of sp³-hybridized carbons (Fsp3) is 0.500. The Hall–Kier alpha value is -0.660. The number of nitro groups is 1. The first-order valence-electron chi connectivity index (χ1n) is 5.92. The van der Waals surface area contributed by atoms with Gasteiger partial charge in [-0.05, 0) is 45.7 Å². The molecule has 0 bridgehead atoms. The van der Waals surface area contributed by atoms with Gasteiger partial charge in [-0.15, -0.1) is 0 Å². The zero-order valence-corrected chi connectivity index (χ0v) is 13.8. The van der Waals surface area contributed by atoms with Gasteiger partial charge < -0.3 is 9.64 Å². The molecular weight excluding hydrogens is 380 g/mol. The predicted octanol–water partition coefficient (Wildman–Crippen LogP) is 3.73. The van der Waals surface area contributed by atoms with Crippen molar-refractivity contribution in [3.63, 3.8) is 0 Å². The molecule has 5 nitrogen and oxygen atoms in total. The van der Waals surface area contributed by atoms with E-state index in [2.05, 4.69) is 36.8 Å². The Labute approximate surface area is 128 Å². The number of nitro benzene ring substituents is 1. The highest BCUT2D eigenvalue weighted by Crippen LogP contribution is 2.38. The third-order valence-electron chi connectivity index (χ3n) is 2.95. The van der Waals surface area contributed by atoms with Gasteiger partial charge in [-0.1, -0.05) is 0 Å². The van der Waals surface area contributed by atoms with Crippen molar-refractivity contribution in [2.45, 2.75) is 26.1 Å². The molecule has 104 valence electrons. The molecule has 1 aliphatic heterocycles. The van der Waals surface area contributed by atoms with Crippen LogP contribution in [-0.4, -0.2) is 30.2 Å². The lowest BCUT2D eigenvalue weighted by molar-refractivity contribution is -0.385. The Morgan fingerprint density at radius 3 is 2.16 bits per heavy atom. The summed E-state index contributed by atoms with van der Waals surface area (Å²) < 4.78 is 7.13. The zero-order valence-electron chi connectivity index (χ0n) is 10.6. The van der Waals surface area contributed by atoms with Crippen LogP contribution in [0.15, 0.2) is 21.1 Å². The average molecular weight is 394 g/mol. The number of hydrogen-bond acceptors (Lipinski definition) is 4. The molecule has 0 spiro atoms. The first-order valence-corrected chi connectivity index (χ1v) is 7.51. The van der Waals surface area contributed by atoms with Gasteiger partial charge in [-0.2, -0.15) is 0 Å². The van der Waals surface area contributed by atoms with Crippen LogP contribution in [0.5, 0.6) is 0 Å². The van der Waals surface area contributed by atoms with Crippen LogP contribution in [0.3, 0.4) is 0 Å². The second kappa shape index (κ2) is 5.76. The SMILES string of the molecule is C[C@H]1CN(c2c(Br)cc([N+](=O)[O-])cc2Br)C[C@H](C)O1. The highest BCUT2D eigenvalue weighted by atomic mass is 79.9. The van der Waals surface area contributed by atoms with Gasteiger partial charge in [0.15, 0.2) is 0 Å². The van der Waals surface area contributed by atoms with Crippen molar-refractivity contribution < 1.29 is 9.66 Å². The molecule has 2 rings (SSSR count). The van der Waals surface area contributed by atoms with Gasteiger partial charge in [0.25, 0.3) is 5.69 Å². The maximum Gasteiger partial charge on any atom is 0.271 e. The predicted molar refractivity (Wildman–Crippen MR) is 80.7 cm³/mol. The lowest BCUT2D eigenvalue weighted by Crippen LogP contribution is -2.45. The number of ether oxygens (including phenoxy) is 1. The minimum absolute atomic E-state index is 0.0665. The summed E-state index contributed by atoms with van der Waals surface area (Å²) in [7, 11) is 0. The van der Waals surface area contributed by atoms with E-state index in [1.165, 1.54) is 12.1 Å². The standard InChI is InChI=1S/C12H14Br2N2O3/c1-7-5-15(6-8(2)19-7)12-10(13)3-9(16(17)18)4-11(12)14/h3-4,7-8H,5-6H2,1-2H3/t7-,8-/m0/s1. The third-order valence-corrected chi connectivity index (χ3v) is 4.16. The molecule has 0 aliphatic carbocycles. The van der Waals surface area contributed by atoms with E-state index >= 15 is 0 Å². The maximum absolute atomic E-state index is 10.8. The van der Waals surface area contributed by atoms with E-state index < -0.39 is 4.92 Å². The summed E-state index contributed by atoms with van der Waals surface area (Å²) in [5, 5.41) is 10.8. The normalized spacial score (nSPS) is 23.5. The summed E-state index contributed by atoms with van der Waals surface area (Å²) in [5.41, 5.74) is 1.00. The molecule has 2 atom stereocenters. The Kier molecular flexibility index (Phi) is 4.47. The molecule has 0 saturated carbocycles. The molecule has 0 N–H and O–H groups in total. The Morgan fingerprint density at radius 2 is 1.74 bits per heavy atom. The summed E-state index contributed by atoms with van der Waals surface area (Å²) in [6.07, 6.45) is 0.274. The molecule has 0 unspecified atom stereocenters. The second-order valence-corrected chi connectivity index (χ2v) is 6.39. The Morgan fingerprint density at radius 1 is 1.26 bits per heavy atom. The first-order chi connectivity index (χ1) is 8.88. The fourth-order valence-electron chi connectivity index (χ4n) is 2.32. The largest absolute Gasteiger partial charge is 0.372 e. The van der Waals surface area contributed by atoms with Gasteiger partial charge in [0.1, 0.15) is 0 Å². The summed E-state index contributed by atoms with van der Waals surface area (Å²) in [5.74, 6) is 0. The van der Waals surface area contributed by atoms with E-state index in [4.69, 9.17) is 4.74 Å². The number of benzene rings is 1. The average Bonchev–Trinajstić information content (AvgIpc) is 2.26. The van der Waals surface area contributed by atoms with Gasteiger partial charge >= 0.3 is 0 Å². The summed E-state index contributed by atoms with van der Waals surface area (Å²) in [6.45, 7) is 5.57. The molecule has 0 amide bonds. The van der Waals surface area contributed by atoms with Crippen molar-refractivity contribution in [1.82, 2.24) is 0 Å². The van der Waals surface area contributed by atoms with Gasteiger partial charge in [0.05, 0.1) is 22.8 Å². The van der Waals surface area contributed by atoms with Crippen molar-refractivity contribution in [2.24, 2.45) is 0 Å². The molecule has 1 aromatic carbocycles. The molecule has 19 heavy (non-hydrogen) atoms. The minimum Gasteiger partial charge on any atom is -0.372 e. The number of halogens is 2. The topological polar surface area (TPSA) is 55.6 Å². The highest BCUT2D eigenvalue weighted by molar-refractivity contribution is 9.11. The van der Waals surface area contributed by atoms with E-state index in [0.717, 1.165) is 27.7 Å². The molecule has 7 heteroatoms. The van der Waals surface area contributed by atoms with Crippen molar-refractivity contribution in [3.8, 4) is 0 Å². The van der Waals surface area contributed by atoms with Crippen LogP contribution < -0.4 is 4.90 Å². The molecule has 1 saturated heterocycles. The molecule has 1 heterocycles. The van der Waals surface area contributed by atoms with Crippen LogP contribution in [0, 0.1) is 10.1 Å². The van der Waals surface area contributed by atoms with E-state index in [1.54, 1.807) is 0 Å². The van der Waals surface area contributed by atoms with E-state index in [1.807, 2.05) is 13.8 Å². The van der Waals surface area contributed by atoms with Crippen LogP contribution >= 0.6 is 31.9 Å². The smallest absolute Gasteiger partial charge is 0.271 e. The highest BCUT2D eigenvalue weighted by Gasteiger charge is 2.26. The van der Waals surface area contributed by atoms with E-state index in [9.17, 15) is 10.1 Å². The lowest BCUT2D eigenvalue weighted by atomic mass is 10.2. The fourth-order valence-corrected chi connectivity index (χ4v) is 3.98. The van der Waals surface area contributed by atoms with Crippen molar-refractivity contribution in [2.75, 3.05) is 18.0 Å². The quantitative estimate of drug-likeness (QED) is 0.567. The second-order valence-electron chi connectivity index (χ2n) is 4.68. The monoisotopic (exact) mass is 392 g/mol. The number of nitrogens with zero attached hydrogens (tertiary/aromatic N) is 2. The van der Waals surface area contributed by atoms with Crippen molar-refractivity contribution >= 4 is 43.2 Å². The molecule has 0 radical (unpaired) electrons. The van der Waals surface area contributed by atoms with Gasteiger partial charge in [-0.3, -0.25) is 10.1 Å². The molecule has 1 aromatic rings. The Balaban J connectivity index is 2.37. The Bertz CT molecular complexity index is 477. The number of anilines is 1.